The second-order valence-electron chi connectivity index (χ2n) is 3.91. The molecule has 2 unspecified atom stereocenters. The van der Waals surface area contributed by atoms with Crippen LogP contribution in [0.15, 0.2) is 6.07 Å². The number of amides is 1. The normalized spacial score (nSPS) is 13.9. The SMILES string of the molecule is Cc1nc(Cl)c([N+](=O)[O-])cc1C(O)C(O)CC(N)=O. The van der Waals surface area contributed by atoms with E-state index in [1.165, 1.54) is 6.92 Å². The molecule has 0 aliphatic rings. The number of carbonyl (C=O) groups excluding carboxylic acids is 1. The van der Waals surface area contributed by atoms with Crippen LogP contribution in [-0.4, -0.2) is 32.1 Å². The van der Waals surface area contributed by atoms with Gasteiger partial charge in [-0.1, -0.05) is 11.6 Å². The number of nitrogens with two attached hydrogens (primary N) is 1. The van der Waals surface area contributed by atoms with E-state index < -0.39 is 35.1 Å². The summed E-state index contributed by atoms with van der Waals surface area (Å²) in [5.41, 5.74) is 4.63. The van der Waals surface area contributed by atoms with Crippen LogP contribution in [0.3, 0.4) is 0 Å². The Hall–Kier alpha value is -1.77. The fraction of sp³-hybridized carbons (Fsp3) is 0.400. The van der Waals surface area contributed by atoms with E-state index >= 15 is 0 Å². The van der Waals surface area contributed by atoms with Gasteiger partial charge in [0.2, 0.25) is 11.1 Å². The highest BCUT2D eigenvalue weighted by molar-refractivity contribution is 6.31. The van der Waals surface area contributed by atoms with Gasteiger partial charge >= 0.3 is 5.69 Å². The number of carbonyl (C=O) groups is 1. The first-order chi connectivity index (χ1) is 8.73. The quantitative estimate of drug-likeness (QED) is 0.402. The lowest BCUT2D eigenvalue weighted by molar-refractivity contribution is -0.385. The van der Waals surface area contributed by atoms with Gasteiger partial charge in [0, 0.05) is 17.3 Å². The lowest BCUT2D eigenvalue weighted by Crippen LogP contribution is -2.26. The van der Waals surface area contributed by atoms with Gasteiger partial charge in [0.05, 0.1) is 17.4 Å². The fourth-order valence-corrected chi connectivity index (χ4v) is 1.78. The van der Waals surface area contributed by atoms with E-state index in [2.05, 4.69) is 4.98 Å². The maximum absolute atomic E-state index is 10.7. The predicted molar refractivity (Wildman–Crippen MR) is 65.4 cm³/mol. The highest BCUT2D eigenvalue weighted by Gasteiger charge is 2.26. The first-order valence-corrected chi connectivity index (χ1v) is 5.57. The van der Waals surface area contributed by atoms with E-state index in [-0.39, 0.29) is 16.4 Å². The van der Waals surface area contributed by atoms with Gasteiger partial charge in [0.15, 0.2) is 0 Å². The van der Waals surface area contributed by atoms with Gasteiger partial charge in [0.1, 0.15) is 6.10 Å². The number of aromatic nitrogens is 1. The molecule has 0 saturated heterocycles. The summed E-state index contributed by atoms with van der Waals surface area (Å²) in [6, 6.07) is 1.01. The monoisotopic (exact) mass is 289 g/mol. The number of hydrogen-bond donors (Lipinski definition) is 3. The minimum atomic E-state index is -1.52. The summed E-state index contributed by atoms with van der Waals surface area (Å²) in [5.74, 6) is -0.805. The maximum Gasteiger partial charge on any atom is 0.306 e. The molecule has 0 bridgehead atoms. The van der Waals surface area contributed by atoms with Crippen LogP contribution in [0.5, 0.6) is 0 Å². The fourth-order valence-electron chi connectivity index (χ4n) is 1.53. The van der Waals surface area contributed by atoms with Gasteiger partial charge in [-0.25, -0.2) is 4.98 Å². The first kappa shape index (κ1) is 15.3. The Morgan fingerprint density at radius 2 is 2.21 bits per heavy atom. The summed E-state index contributed by atoms with van der Waals surface area (Å²) in [6.45, 7) is 1.46. The Morgan fingerprint density at radius 1 is 1.63 bits per heavy atom. The molecule has 8 nitrogen and oxygen atoms in total. The van der Waals surface area contributed by atoms with Gasteiger partial charge in [-0.2, -0.15) is 0 Å². The van der Waals surface area contributed by atoms with Crippen molar-refractivity contribution in [3.8, 4) is 0 Å². The number of primary amides is 1. The average molecular weight is 290 g/mol. The predicted octanol–water partition coefficient (Wildman–Crippen LogP) is 0.221. The molecule has 0 radical (unpaired) electrons. The Balaban J connectivity index is 3.15. The van der Waals surface area contributed by atoms with E-state index in [1.807, 2.05) is 0 Å². The third kappa shape index (κ3) is 3.60. The summed E-state index contributed by atoms with van der Waals surface area (Å²) in [6.07, 6.45) is -3.47. The van der Waals surface area contributed by atoms with Crippen LogP contribution in [0.1, 0.15) is 23.8 Å². The Labute approximate surface area is 113 Å². The van der Waals surface area contributed by atoms with E-state index in [0.717, 1.165) is 6.07 Å². The molecule has 0 fully saturated rings. The van der Waals surface area contributed by atoms with Crippen LogP contribution < -0.4 is 5.73 Å². The number of rotatable bonds is 5. The molecule has 4 N–H and O–H groups in total. The number of nitrogens with zero attached hydrogens (tertiary/aromatic N) is 2. The molecule has 1 rings (SSSR count). The van der Waals surface area contributed by atoms with Crippen molar-refractivity contribution in [3.05, 3.63) is 32.6 Å². The van der Waals surface area contributed by atoms with Crippen LogP contribution >= 0.6 is 11.6 Å². The molecular formula is C10H12ClN3O5. The molecule has 0 aromatic carbocycles. The number of halogens is 1. The Kier molecular flexibility index (Phi) is 4.76. The average Bonchev–Trinajstić information content (AvgIpc) is 2.26. The third-order valence-electron chi connectivity index (χ3n) is 2.48. The van der Waals surface area contributed by atoms with Crippen molar-refractivity contribution in [1.82, 2.24) is 4.98 Å². The first-order valence-electron chi connectivity index (χ1n) is 5.20. The molecule has 104 valence electrons. The molecule has 19 heavy (non-hydrogen) atoms. The van der Waals surface area contributed by atoms with Gasteiger partial charge in [-0.3, -0.25) is 14.9 Å². The molecule has 9 heteroatoms. The van der Waals surface area contributed by atoms with Crippen LogP contribution in [0.4, 0.5) is 5.69 Å². The standard InChI is InChI=1S/C10H12ClN3O5/c1-4-5(9(17)7(15)3-8(12)16)2-6(14(18)19)10(11)13-4/h2,7,9,15,17H,3H2,1H3,(H2,12,16). The minimum absolute atomic E-state index is 0.0184. The van der Waals surface area contributed by atoms with Gasteiger partial charge in [-0.15, -0.1) is 0 Å². The van der Waals surface area contributed by atoms with Gasteiger partial charge in [-0.05, 0) is 6.92 Å². The molecule has 0 saturated carbocycles. The molecule has 1 aromatic heterocycles. The molecule has 0 aliphatic carbocycles. The topological polar surface area (TPSA) is 140 Å². The Morgan fingerprint density at radius 3 is 2.68 bits per heavy atom. The van der Waals surface area contributed by atoms with Crippen molar-refractivity contribution in [2.75, 3.05) is 0 Å². The second kappa shape index (κ2) is 5.91. The largest absolute Gasteiger partial charge is 0.390 e. The lowest BCUT2D eigenvalue weighted by Gasteiger charge is -2.18. The van der Waals surface area contributed by atoms with E-state index in [1.54, 1.807) is 0 Å². The zero-order chi connectivity index (χ0) is 14.7. The summed E-state index contributed by atoms with van der Waals surface area (Å²) >= 11 is 5.59. The number of pyridine rings is 1. The van der Waals surface area contributed by atoms with Crippen molar-refractivity contribution < 1.29 is 19.9 Å². The zero-order valence-electron chi connectivity index (χ0n) is 9.91. The second-order valence-corrected chi connectivity index (χ2v) is 4.27. The summed E-state index contributed by atoms with van der Waals surface area (Å²) in [4.78, 5) is 24.3. The molecule has 1 heterocycles. The number of nitro groups is 1. The van der Waals surface area contributed by atoms with Crippen LogP contribution in [0, 0.1) is 17.0 Å². The van der Waals surface area contributed by atoms with E-state index in [4.69, 9.17) is 17.3 Å². The maximum atomic E-state index is 10.7. The van der Waals surface area contributed by atoms with Crippen molar-refractivity contribution >= 4 is 23.2 Å². The van der Waals surface area contributed by atoms with E-state index in [9.17, 15) is 25.1 Å². The van der Waals surface area contributed by atoms with Crippen molar-refractivity contribution in [3.63, 3.8) is 0 Å². The Bertz CT molecular complexity index is 522. The van der Waals surface area contributed by atoms with E-state index in [0.29, 0.717) is 0 Å². The molecule has 2 atom stereocenters. The molecule has 1 amide bonds. The minimum Gasteiger partial charge on any atom is -0.390 e. The molecular weight excluding hydrogens is 278 g/mol. The highest BCUT2D eigenvalue weighted by atomic mass is 35.5. The van der Waals surface area contributed by atoms with Crippen molar-refractivity contribution in [1.29, 1.82) is 0 Å². The van der Waals surface area contributed by atoms with Gasteiger partial charge in [0.25, 0.3) is 0 Å². The number of aliphatic hydroxyl groups excluding tert-OH is 2. The van der Waals surface area contributed by atoms with Crippen LogP contribution in [0.25, 0.3) is 0 Å². The zero-order valence-corrected chi connectivity index (χ0v) is 10.7. The number of hydrogen-bond acceptors (Lipinski definition) is 6. The van der Waals surface area contributed by atoms with Gasteiger partial charge < -0.3 is 15.9 Å². The summed E-state index contributed by atoms with van der Waals surface area (Å²) in [7, 11) is 0. The van der Waals surface area contributed by atoms with Crippen LogP contribution in [0.2, 0.25) is 5.15 Å². The lowest BCUT2D eigenvalue weighted by atomic mass is 10.0. The molecule has 0 aliphatic heterocycles. The number of aryl methyl sites for hydroxylation is 1. The summed E-state index contributed by atoms with van der Waals surface area (Å²) < 4.78 is 0. The smallest absolute Gasteiger partial charge is 0.306 e. The van der Waals surface area contributed by atoms with Crippen molar-refractivity contribution in [2.45, 2.75) is 25.6 Å². The highest BCUT2D eigenvalue weighted by Crippen LogP contribution is 2.29. The number of aliphatic hydroxyl groups is 2. The van der Waals surface area contributed by atoms with Crippen LogP contribution in [-0.2, 0) is 4.79 Å². The summed E-state index contributed by atoms with van der Waals surface area (Å²) in [5, 5.41) is 29.8. The molecule has 1 aromatic rings. The van der Waals surface area contributed by atoms with Crippen molar-refractivity contribution in [2.24, 2.45) is 5.73 Å². The third-order valence-corrected chi connectivity index (χ3v) is 2.76. The molecule has 0 spiro atoms.